The molecular weight excluding hydrogens is 308 g/mol. The Hall–Kier alpha value is -2.18. The van der Waals surface area contributed by atoms with Gasteiger partial charge in [0.05, 0.1) is 0 Å². The monoisotopic (exact) mass is 330 g/mol. The zero-order chi connectivity index (χ0) is 16.8. The Morgan fingerprint density at radius 2 is 1.71 bits per heavy atom. The number of aryl methyl sites for hydroxylation is 1. The molecule has 1 aromatic heterocycles. The first-order chi connectivity index (χ1) is 11.5. The van der Waals surface area contributed by atoms with Crippen molar-refractivity contribution in [2.45, 2.75) is 26.2 Å². The van der Waals surface area contributed by atoms with E-state index in [0.29, 0.717) is 32.0 Å². The Morgan fingerprint density at radius 3 is 2.33 bits per heavy atom. The number of H-pyrrole nitrogens is 1. The van der Waals surface area contributed by atoms with Gasteiger partial charge in [-0.25, -0.2) is 4.98 Å². The number of amides is 2. The topological polar surface area (TPSA) is 86.4 Å². The highest BCUT2D eigenvalue weighted by molar-refractivity contribution is 5.92. The molecule has 0 spiro atoms. The first-order valence-electron chi connectivity index (χ1n) is 8.67. The van der Waals surface area contributed by atoms with Gasteiger partial charge in [0, 0.05) is 38.2 Å². The maximum Gasteiger partial charge on any atom is 0.272 e. The van der Waals surface area contributed by atoms with Crippen molar-refractivity contribution in [2.24, 2.45) is 17.8 Å². The fourth-order valence-electron chi connectivity index (χ4n) is 4.16. The number of rotatable bonds is 2. The third kappa shape index (κ3) is 2.83. The zero-order valence-corrected chi connectivity index (χ0v) is 13.8. The molecule has 128 valence electrons. The van der Waals surface area contributed by atoms with E-state index >= 15 is 0 Å². The molecule has 0 aromatic carbocycles. The highest BCUT2D eigenvalue weighted by Crippen LogP contribution is 2.54. The van der Waals surface area contributed by atoms with Crippen molar-refractivity contribution in [1.82, 2.24) is 19.8 Å². The number of carbonyl (C=O) groups excluding carboxylic acids is 2. The van der Waals surface area contributed by atoms with E-state index in [2.05, 4.69) is 9.97 Å². The number of nitrogens with zero attached hydrogens (tertiary/aromatic N) is 3. The van der Waals surface area contributed by atoms with E-state index in [1.807, 2.05) is 4.90 Å². The maximum atomic E-state index is 12.6. The van der Waals surface area contributed by atoms with E-state index in [4.69, 9.17) is 0 Å². The molecule has 3 fully saturated rings. The molecule has 2 heterocycles. The zero-order valence-electron chi connectivity index (χ0n) is 13.8. The highest BCUT2D eigenvalue weighted by Gasteiger charge is 2.49. The lowest BCUT2D eigenvalue weighted by Gasteiger charge is -2.36. The van der Waals surface area contributed by atoms with Crippen LogP contribution in [0, 0.1) is 24.7 Å². The Labute approximate surface area is 140 Å². The van der Waals surface area contributed by atoms with Crippen molar-refractivity contribution in [3.05, 3.63) is 27.9 Å². The maximum absolute atomic E-state index is 12.6. The van der Waals surface area contributed by atoms with E-state index in [0.717, 1.165) is 24.7 Å². The summed E-state index contributed by atoms with van der Waals surface area (Å²) in [6, 6.07) is 1.23. The van der Waals surface area contributed by atoms with Gasteiger partial charge in [0.25, 0.3) is 11.5 Å². The second kappa shape index (κ2) is 5.72. The second-order valence-corrected chi connectivity index (χ2v) is 7.26. The molecule has 1 unspecified atom stereocenters. The molecule has 24 heavy (non-hydrogen) atoms. The van der Waals surface area contributed by atoms with E-state index in [1.165, 1.54) is 12.5 Å². The number of aromatic amines is 1. The molecule has 2 aliphatic carbocycles. The summed E-state index contributed by atoms with van der Waals surface area (Å²) in [6.07, 6.45) is 3.42. The number of fused-ring (bicyclic) bond motifs is 1. The molecule has 2 amide bonds. The van der Waals surface area contributed by atoms with Gasteiger partial charge in [0.1, 0.15) is 11.5 Å². The molecule has 0 bridgehead atoms. The predicted octanol–water partition coefficient (Wildman–Crippen LogP) is 0.409. The van der Waals surface area contributed by atoms with Crippen LogP contribution >= 0.6 is 0 Å². The Bertz CT molecular complexity index is 726. The average Bonchev–Trinajstić information content (AvgIpc) is 3.18. The summed E-state index contributed by atoms with van der Waals surface area (Å²) in [5.41, 5.74) is -0.147. The van der Waals surface area contributed by atoms with Crippen LogP contribution in [0.1, 0.15) is 35.6 Å². The van der Waals surface area contributed by atoms with E-state index in [1.54, 1.807) is 11.8 Å². The SMILES string of the molecule is Cc1nc(C(=O)N2CCN(C(=O)C3C[C@@H]4C[C@@H]4C3)CC2)cc(=O)[nH]1. The third-order valence-electron chi connectivity index (χ3n) is 5.55. The highest BCUT2D eigenvalue weighted by atomic mass is 16.2. The van der Waals surface area contributed by atoms with Gasteiger partial charge < -0.3 is 14.8 Å². The fraction of sp³-hybridized carbons (Fsp3) is 0.647. The van der Waals surface area contributed by atoms with Crippen LogP contribution in [0.5, 0.6) is 0 Å². The normalized spacial score (nSPS) is 28.6. The third-order valence-corrected chi connectivity index (χ3v) is 5.55. The number of carbonyl (C=O) groups is 2. The summed E-state index contributed by atoms with van der Waals surface area (Å²) in [6.45, 7) is 3.79. The minimum absolute atomic E-state index is 0.173. The number of hydrogen-bond donors (Lipinski definition) is 1. The van der Waals surface area contributed by atoms with Gasteiger partial charge in [-0.2, -0.15) is 0 Å². The molecule has 1 aliphatic heterocycles. The fourth-order valence-corrected chi connectivity index (χ4v) is 4.16. The Balaban J connectivity index is 1.36. The first kappa shape index (κ1) is 15.4. The summed E-state index contributed by atoms with van der Waals surface area (Å²) in [7, 11) is 0. The van der Waals surface area contributed by atoms with Gasteiger partial charge in [0.2, 0.25) is 5.91 Å². The summed E-state index contributed by atoms with van der Waals surface area (Å²) in [4.78, 5) is 46.8. The van der Waals surface area contributed by atoms with Crippen LogP contribution in [-0.4, -0.2) is 57.8 Å². The molecule has 1 aromatic rings. The number of piperazine rings is 1. The molecule has 7 heteroatoms. The van der Waals surface area contributed by atoms with Gasteiger partial charge in [-0.15, -0.1) is 0 Å². The molecule has 3 atom stereocenters. The van der Waals surface area contributed by atoms with E-state index < -0.39 is 0 Å². The first-order valence-corrected chi connectivity index (χ1v) is 8.67. The lowest BCUT2D eigenvalue weighted by Crippen LogP contribution is -2.52. The quantitative estimate of drug-likeness (QED) is 0.851. The van der Waals surface area contributed by atoms with Gasteiger partial charge in [0.15, 0.2) is 0 Å². The van der Waals surface area contributed by atoms with Crippen molar-refractivity contribution in [2.75, 3.05) is 26.2 Å². The van der Waals surface area contributed by atoms with Crippen molar-refractivity contribution < 1.29 is 9.59 Å². The molecule has 2 saturated carbocycles. The van der Waals surface area contributed by atoms with Crippen LogP contribution < -0.4 is 5.56 Å². The van der Waals surface area contributed by atoms with Gasteiger partial charge in [-0.05, 0) is 38.0 Å². The Kier molecular flexibility index (Phi) is 3.66. The van der Waals surface area contributed by atoms with Crippen LogP contribution in [-0.2, 0) is 4.79 Å². The van der Waals surface area contributed by atoms with Crippen molar-refractivity contribution >= 4 is 11.8 Å². The Morgan fingerprint density at radius 1 is 1.08 bits per heavy atom. The lowest BCUT2D eigenvalue weighted by atomic mass is 10.0. The predicted molar refractivity (Wildman–Crippen MR) is 86.4 cm³/mol. The lowest BCUT2D eigenvalue weighted by molar-refractivity contribution is -0.137. The summed E-state index contributed by atoms with van der Waals surface area (Å²) >= 11 is 0. The van der Waals surface area contributed by atoms with Crippen LogP contribution in [0.25, 0.3) is 0 Å². The minimum Gasteiger partial charge on any atom is -0.339 e. The van der Waals surface area contributed by atoms with E-state index in [9.17, 15) is 14.4 Å². The number of nitrogens with one attached hydrogen (secondary N) is 1. The standard InChI is InChI=1S/C17H22N4O3/c1-10-18-14(9-15(22)19-10)17(24)21-4-2-20(3-5-21)16(23)13-7-11-6-12(11)8-13/h9,11-13H,2-8H2,1H3,(H,18,19,22)/t11-,12+,13?. The average molecular weight is 330 g/mol. The van der Waals surface area contributed by atoms with Gasteiger partial charge >= 0.3 is 0 Å². The molecule has 4 rings (SSSR count). The summed E-state index contributed by atoms with van der Waals surface area (Å²) in [5.74, 6) is 2.25. The van der Waals surface area contributed by atoms with Crippen LogP contribution in [0.15, 0.2) is 10.9 Å². The van der Waals surface area contributed by atoms with Gasteiger partial charge in [-0.3, -0.25) is 14.4 Å². The number of aromatic nitrogens is 2. The van der Waals surface area contributed by atoms with Crippen molar-refractivity contribution in [3.63, 3.8) is 0 Å². The molecule has 1 saturated heterocycles. The van der Waals surface area contributed by atoms with Crippen LogP contribution in [0.2, 0.25) is 0 Å². The van der Waals surface area contributed by atoms with E-state index in [-0.39, 0.29) is 29.0 Å². The molecule has 0 radical (unpaired) electrons. The minimum atomic E-state index is -0.320. The smallest absolute Gasteiger partial charge is 0.272 e. The second-order valence-electron chi connectivity index (χ2n) is 7.26. The summed E-state index contributed by atoms with van der Waals surface area (Å²) in [5, 5.41) is 0. The molecule has 7 nitrogen and oxygen atoms in total. The van der Waals surface area contributed by atoms with Crippen molar-refractivity contribution in [3.8, 4) is 0 Å². The largest absolute Gasteiger partial charge is 0.339 e. The molecular formula is C17H22N4O3. The number of hydrogen-bond acceptors (Lipinski definition) is 4. The van der Waals surface area contributed by atoms with Gasteiger partial charge in [-0.1, -0.05) is 0 Å². The van der Waals surface area contributed by atoms with Crippen LogP contribution in [0.3, 0.4) is 0 Å². The van der Waals surface area contributed by atoms with Crippen molar-refractivity contribution in [1.29, 1.82) is 0 Å². The molecule has 1 N–H and O–H groups in total. The summed E-state index contributed by atoms with van der Waals surface area (Å²) < 4.78 is 0. The molecule has 3 aliphatic rings. The van der Waals surface area contributed by atoms with Crippen LogP contribution in [0.4, 0.5) is 0 Å².